The minimum atomic E-state index is -0.484. The lowest BCUT2D eigenvalue weighted by Gasteiger charge is -2.08. The van der Waals surface area contributed by atoms with Gasteiger partial charge in [0.2, 0.25) is 0 Å². The molecule has 3 rings (SSSR count). The summed E-state index contributed by atoms with van der Waals surface area (Å²) in [6.07, 6.45) is 1.51. The Morgan fingerprint density at radius 3 is 2.73 bits per heavy atom. The van der Waals surface area contributed by atoms with Crippen LogP contribution in [0.25, 0.3) is 10.8 Å². The zero-order valence-corrected chi connectivity index (χ0v) is 14.5. The van der Waals surface area contributed by atoms with Crippen molar-refractivity contribution in [3.8, 4) is 5.75 Å². The van der Waals surface area contributed by atoms with E-state index in [0.717, 1.165) is 5.56 Å². The molecule has 0 atom stereocenters. The van der Waals surface area contributed by atoms with Gasteiger partial charge in [-0.2, -0.15) is 10.2 Å². The lowest BCUT2D eigenvalue weighted by Crippen LogP contribution is -2.28. The maximum Gasteiger partial charge on any atom is 0.292 e. The van der Waals surface area contributed by atoms with Gasteiger partial charge in [-0.1, -0.05) is 30.3 Å². The van der Waals surface area contributed by atoms with Crippen LogP contribution < -0.4 is 15.7 Å². The molecule has 0 radical (unpaired) electrons. The molecular weight excluding hydrogens is 332 g/mol. The van der Waals surface area contributed by atoms with Crippen LogP contribution in [0.1, 0.15) is 23.0 Å². The summed E-state index contributed by atoms with van der Waals surface area (Å²) in [7, 11) is 1.58. The van der Waals surface area contributed by atoms with Gasteiger partial charge in [-0.05, 0) is 30.7 Å². The Morgan fingerprint density at radius 2 is 2.00 bits per heavy atom. The molecule has 26 heavy (non-hydrogen) atoms. The van der Waals surface area contributed by atoms with E-state index in [2.05, 4.69) is 15.6 Å². The first-order chi connectivity index (χ1) is 12.6. The zero-order chi connectivity index (χ0) is 18.5. The molecule has 2 aromatic carbocycles. The number of methoxy groups -OCH3 is 1. The maximum atomic E-state index is 12.5. The van der Waals surface area contributed by atoms with Gasteiger partial charge in [0, 0.05) is 11.9 Å². The largest absolute Gasteiger partial charge is 0.497 e. The molecule has 0 saturated heterocycles. The van der Waals surface area contributed by atoms with Crippen molar-refractivity contribution in [2.45, 2.75) is 13.5 Å². The van der Waals surface area contributed by atoms with Crippen LogP contribution in [-0.4, -0.2) is 29.0 Å². The SMILES string of the molecule is CCn1nc(C(=O)NN=Cc2cccc(OC)c2)c2ccccc2c1=O. The minimum absolute atomic E-state index is 0.157. The average molecular weight is 350 g/mol. The molecule has 7 heteroatoms. The van der Waals surface area contributed by atoms with E-state index in [9.17, 15) is 9.59 Å². The van der Waals surface area contributed by atoms with Crippen molar-refractivity contribution in [3.05, 3.63) is 70.1 Å². The van der Waals surface area contributed by atoms with E-state index in [1.807, 2.05) is 18.2 Å². The molecule has 3 aromatic rings. The lowest BCUT2D eigenvalue weighted by atomic mass is 10.1. The number of rotatable bonds is 5. The Hall–Kier alpha value is -3.48. The fourth-order valence-corrected chi connectivity index (χ4v) is 2.56. The number of hydrogen-bond donors (Lipinski definition) is 1. The Kier molecular flexibility index (Phi) is 5.07. The van der Waals surface area contributed by atoms with E-state index in [1.165, 1.54) is 10.9 Å². The number of nitrogens with one attached hydrogen (secondary N) is 1. The predicted octanol–water partition coefficient (Wildman–Crippen LogP) is 2.19. The molecule has 7 nitrogen and oxygen atoms in total. The van der Waals surface area contributed by atoms with Crippen LogP contribution in [0.5, 0.6) is 5.75 Å². The van der Waals surface area contributed by atoms with Gasteiger partial charge < -0.3 is 4.74 Å². The number of nitrogens with zero attached hydrogens (tertiary/aromatic N) is 3. The van der Waals surface area contributed by atoms with E-state index in [4.69, 9.17) is 4.74 Å². The van der Waals surface area contributed by atoms with Gasteiger partial charge in [-0.3, -0.25) is 9.59 Å². The van der Waals surface area contributed by atoms with Crippen molar-refractivity contribution in [1.29, 1.82) is 0 Å². The fraction of sp³-hybridized carbons (Fsp3) is 0.158. The first-order valence-electron chi connectivity index (χ1n) is 8.11. The Morgan fingerprint density at radius 1 is 1.23 bits per heavy atom. The summed E-state index contributed by atoms with van der Waals surface area (Å²) < 4.78 is 6.41. The molecule has 0 aliphatic rings. The highest BCUT2D eigenvalue weighted by molar-refractivity contribution is 6.04. The molecule has 1 N–H and O–H groups in total. The van der Waals surface area contributed by atoms with Gasteiger partial charge in [0.25, 0.3) is 11.5 Å². The topological polar surface area (TPSA) is 85.6 Å². The van der Waals surface area contributed by atoms with Crippen LogP contribution >= 0.6 is 0 Å². The summed E-state index contributed by atoms with van der Waals surface area (Å²) in [5.41, 5.74) is 3.17. The van der Waals surface area contributed by atoms with Crippen molar-refractivity contribution in [2.75, 3.05) is 7.11 Å². The van der Waals surface area contributed by atoms with E-state index in [1.54, 1.807) is 44.4 Å². The number of carbonyl (C=O) groups excluding carboxylic acids is 1. The van der Waals surface area contributed by atoms with Gasteiger partial charge in [0.1, 0.15) is 5.75 Å². The van der Waals surface area contributed by atoms with Gasteiger partial charge in [0.15, 0.2) is 5.69 Å². The second kappa shape index (κ2) is 7.60. The monoisotopic (exact) mass is 350 g/mol. The second-order valence-electron chi connectivity index (χ2n) is 5.49. The van der Waals surface area contributed by atoms with Crippen molar-refractivity contribution in [2.24, 2.45) is 5.10 Å². The van der Waals surface area contributed by atoms with E-state index in [0.29, 0.717) is 23.1 Å². The number of aromatic nitrogens is 2. The number of amides is 1. The third-order valence-corrected chi connectivity index (χ3v) is 3.86. The standard InChI is InChI=1S/C19H18N4O3/c1-3-23-19(25)16-10-5-4-9-15(16)17(22-23)18(24)21-20-12-13-7-6-8-14(11-13)26-2/h4-12H,3H2,1-2H3,(H,21,24). The molecule has 0 aliphatic heterocycles. The van der Waals surface area contributed by atoms with E-state index >= 15 is 0 Å². The molecule has 1 aromatic heterocycles. The summed E-state index contributed by atoms with van der Waals surface area (Å²) in [6.45, 7) is 2.17. The zero-order valence-electron chi connectivity index (χ0n) is 14.5. The molecular formula is C19H18N4O3. The molecule has 0 saturated carbocycles. The molecule has 0 bridgehead atoms. The van der Waals surface area contributed by atoms with Crippen molar-refractivity contribution < 1.29 is 9.53 Å². The third-order valence-electron chi connectivity index (χ3n) is 3.86. The smallest absolute Gasteiger partial charge is 0.292 e. The molecule has 0 aliphatic carbocycles. The Bertz CT molecular complexity index is 1040. The first-order valence-corrected chi connectivity index (χ1v) is 8.11. The number of aryl methyl sites for hydroxylation is 1. The molecule has 1 heterocycles. The lowest BCUT2D eigenvalue weighted by molar-refractivity contribution is 0.0949. The summed E-state index contributed by atoms with van der Waals surface area (Å²) in [6, 6.07) is 14.2. The van der Waals surface area contributed by atoms with Gasteiger partial charge in [0.05, 0.1) is 18.7 Å². The summed E-state index contributed by atoms with van der Waals surface area (Å²) in [5.74, 6) is 0.213. The molecule has 1 amide bonds. The van der Waals surface area contributed by atoms with E-state index in [-0.39, 0.29) is 11.3 Å². The van der Waals surface area contributed by atoms with Crippen LogP contribution in [-0.2, 0) is 6.54 Å². The van der Waals surface area contributed by atoms with Crippen molar-refractivity contribution in [1.82, 2.24) is 15.2 Å². The number of benzene rings is 2. The highest BCUT2D eigenvalue weighted by Crippen LogP contribution is 2.13. The minimum Gasteiger partial charge on any atom is -0.497 e. The quantitative estimate of drug-likeness (QED) is 0.564. The van der Waals surface area contributed by atoms with Crippen LogP contribution in [0.15, 0.2) is 58.4 Å². The number of hydrazone groups is 1. The Balaban J connectivity index is 1.89. The fourth-order valence-electron chi connectivity index (χ4n) is 2.56. The second-order valence-corrected chi connectivity index (χ2v) is 5.49. The molecule has 0 fully saturated rings. The number of hydrogen-bond acceptors (Lipinski definition) is 5. The number of carbonyl (C=O) groups is 1. The van der Waals surface area contributed by atoms with Crippen LogP contribution in [0, 0.1) is 0 Å². The van der Waals surface area contributed by atoms with Crippen LogP contribution in [0.4, 0.5) is 0 Å². The number of fused-ring (bicyclic) bond motifs is 1. The molecule has 132 valence electrons. The molecule has 0 spiro atoms. The Labute approximate surface area is 149 Å². The summed E-state index contributed by atoms with van der Waals surface area (Å²) in [4.78, 5) is 24.8. The van der Waals surface area contributed by atoms with E-state index < -0.39 is 5.91 Å². The summed E-state index contributed by atoms with van der Waals surface area (Å²) >= 11 is 0. The highest BCUT2D eigenvalue weighted by atomic mass is 16.5. The van der Waals surface area contributed by atoms with Crippen molar-refractivity contribution in [3.63, 3.8) is 0 Å². The molecule has 0 unspecified atom stereocenters. The summed E-state index contributed by atoms with van der Waals surface area (Å²) in [5, 5.41) is 9.09. The maximum absolute atomic E-state index is 12.5. The van der Waals surface area contributed by atoms with Crippen LogP contribution in [0.2, 0.25) is 0 Å². The van der Waals surface area contributed by atoms with Crippen molar-refractivity contribution >= 4 is 22.9 Å². The van der Waals surface area contributed by atoms with Gasteiger partial charge >= 0.3 is 0 Å². The highest BCUT2D eigenvalue weighted by Gasteiger charge is 2.15. The predicted molar refractivity (Wildman–Crippen MR) is 99.7 cm³/mol. The number of ether oxygens (including phenoxy) is 1. The average Bonchev–Trinajstić information content (AvgIpc) is 2.68. The normalized spacial score (nSPS) is 11.0. The van der Waals surface area contributed by atoms with Crippen LogP contribution in [0.3, 0.4) is 0 Å². The van der Waals surface area contributed by atoms with Gasteiger partial charge in [-0.25, -0.2) is 10.1 Å². The first kappa shape index (κ1) is 17.3. The third kappa shape index (κ3) is 3.46. The van der Waals surface area contributed by atoms with Gasteiger partial charge in [-0.15, -0.1) is 0 Å².